The van der Waals surface area contributed by atoms with Gasteiger partial charge in [0.1, 0.15) is 18.1 Å². The predicted molar refractivity (Wildman–Crippen MR) is 96.6 cm³/mol. The third-order valence-electron chi connectivity index (χ3n) is 3.36. The third kappa shape index (κ3) is 4.12. The number of hydrogen-bond donors (Lipinski definition) is 1. The van der Waals surface area contributed by atoms with Crippen LogP contribution in [0.5, 0.6) is 0 Å². The first-order valence-electron chi connectivity index (χ1n) is 7.32. The number of nitrogens with one attached hydrogen (secondary N) is 1. The fourth-order valence-electron chi connectivity index (χ4n) is 2.18. The summed E-state index contributed by atoms with van der Waals surface area (Å²) in [5, 5.41) is 6.90. The molecule has 0 aliphatic rings. The number of aromatic nitrogens is 2. The number of carbonyl (C=O) groups excluding carboxylic acids is 1. The monoisotopic (exact) mass is 377 g/mol. The maximum atomic E-state index is 13.7. The molecule has 2 aromatic heterocycles. The minimum atomic E-state index is -0.610. The van der Waals surface area contributed by atoms with Crippen molar-refractivity contribution in [3.63, 3.8) is 0 Å². The molecule has 8 heteroatoms. The second-order valence-corrected chi connectivity index (χ2v) is 7.02. The maximum absolute atomic E-state index is 13.7. The van der Waals surface area contributed by atoms with Gasteiger partial charge in [0, 0.05) is 16.0 Å². The molecule has 0 saturated heterocycles. The van der Waals surface area contributed by atoms with Crippen molar-refractivity contribution in [2.75, 3.05) is 5.32 Å². The van der Waals surface area contributed by atoms with Gasteiger partial charge in [0.25, 0.3) is 5.56 Å². The van der Waals surface area contributed by atoms with E-state index in [2.05, 4.69) is 10.4 Å². The largest absolute Gasteiger partial charge is 0.322 e. The average Bonchev–Trinajstić information content (AvgIpc) is 2.99. The molecule has 1 amide bonds. The molecule has 0 aliphatic carbocycles. The number of anilines is 1. The van der Waals surface area contributed by atoms with Gasteiger partial charge in [0.05, 0.1) is 10.6 Å². The molecule has 1 aromatic carbocycles. The lowest BCUT2D eigenvalue weighted by Crippen LogP contribution is -2.29. The van der Waals surface area contributed by atoms with E-state index in [1.54, 1.807) is 6.07 Å². The molecular weight excluding hydrogens is 365 g/mol. The van der Waals surface area contributed by atoms with Gasteiger partial charge in [-0.25, -0.2) is 9.07 Å². The zero-order valence-corrected chi connectivity index (χ0v) is 14.7. The van der Waals surface area contributed by atoms with Crippen molar-refractivity contribution in [3.8, 4) is 10.6 Å². The summed E-state index contributed by atoms with van der Waals surface area (Å²) in [6, 6.07) is 10.6. The predicted octanol–water partition coefficient (Wildman–Crippen LogP) is 3.71. The van der Waals surface area contributed by atoms with Crippen molar-refractivity contribution < 1.29 is 9.18 Å². The Morgan fingerprint density at radius 1 is 1.28 bits per heavy atom. The Bertz CT molecular complexity index is 1000. The fourth-order valence-corrected chi connectivity index (χ4v) is 3.19. The van der Waals surface area contributed by atoms with Gasteiger partial charge in [-0.3, -0.25) is 9.59 Å². The fraction of sp³-hybridized carbons (Fsp3) is 0.118. The zero-order valence-electron chi connectivity index (χ0n) is 13.1. The summed E-state index contributed by atoms with van der Waals surface area (Å²) in [7, 11) is 0. The van der Waals surface area contributed by atoms with Crippen LogP contribution in [0.1, 0.15) is 4.88 Å². The van der Waals surface area contributed by atoms with Crippen LogP contribution < -0.4 is 10.9 Å². The summed E-state index contributed by atoms with van der Waals surface area (Å²) >= 11 is 7.33. The van der Waals surface area contributed by atoms with E-state index in [1.165, 1.54) is 29.5 Å². The smallest absolute Gasteiger partial charge is 0.267 e. The van der Waals surface area contributed by atoms with E-state index in [4.69, 9.17) is 11.6 Å². The summed E-state index contributed by atoms with van der Waals surface area (Å²) in [6.07, 6.45) is 0. The molecule has 0 aliphatic heterocycles. The molecule has 3 aromatic rings. The molecule has 2 heterocycles. The lowest BCUT2D eigenvalue weighted by Gasteiger charge is -2.08. The number of carbonyl (C=O) groups is 1. The Kier molecular flexibility index (Phi) is 4.96. The van der Waals surface area contributed by atoms with Crippen LogP contribution in [0.4, 0.5) is 10.1 Å². The first kappa shape index (κ1) is 17.3. The highest BCUT2D eigenvalue weighted by Crippen LogP contribution is 2.25. The number of hydrogen-bond acceptors (Lipinski definition) is 4. The van der Waals surface area contributed by atoms with Crippen LogP contribution in [-0.4, -0.2) is 15.7 Å². The Morgan fingerprint density at radius 2 is 2.08 bits per heavy atom. The average molecular weight is 378 g/mol. The van der Waals surface area contributed by atoms with Crippen LogP contribution in [0, 0.1) is 12.7 Å². The summed E-state index contributed by atoms with van der Waals surface area (Å²) in [6.45, 7) is 1.64. The Hall–Kier alpha value is -2.51. The molecule has 0 saturated carbocycles. The van der Waals surface area contributed by atoms with Crippen LogP contribution >= 0.6 is 22.9 Å². The van der Waals surface area contributed by atoms with Crippen LogP contribution in [-0.2, 0) is 11.3 Å². The van der Waals surface area contributed by atoms with Gasteiger partial charge in [-0.1, -0.05) is 11.6 Å². The van der Waals surface area contributed by atoms with Gasteiger partial charge in [-0.2, -0.15) is 5.10 Å². The summed E-state index contributed by atoms with van der Waals surface area (Å²) in [5.74, 6) is -1.18. The molecule has 0 radical (unpaired) electrons. The standard InChI is InChI=1S/C17H13ClFN3O2S/c1-10-2-6-15(25-10)13-5-7-17(24)22(21-13)9-16(23)20-14-8-11(18)3-4-12(14)19/h2-8H,9H2,1H3,(H,20,23). The van der Waals surface area contributed by atoms with Gasteiger partial charge in [0.2, 0.25) is 5.91 Å². The lowest BCUT2D eigenvalue weighted by molar-refractivity contribution is -0.117. The highest BCUT2D eigenvalue weighted by molar-refractivity contribution is 7.15. The molecule has 0 unspecified atom stereocenters. The van der Waals surface area contributed by atoms with E-state index in [-0.39, 0.29) is 12.2 Å². The van der Waals surface area contributed by atoms with Crippen molar-refractivity contribution >= 4 is 34.5 Å². The molecule has 0 bridgehead atoms. The van der Waals surface area contributed by atoms with Gasteiger partial charge in [-0.15, -0.1) is 11.3 Å². The van der Waals surface area contributed by atoms with E-state index < -0.39 is 17.3 Å². The zero-order chi connectivity index (χ0) is 18.0. The number of thiophene rings is 1. The maximum Gasteiger partial charge on any atom is 0.267 e. The van der Waals surface area contributed by atoms with Crippen molar-refractivity contribution in [1.29, 1.82) is 0 Å². The number of aryl methyl sites for hydroxylation is 1. The molecule has 128 valence electrons. The summed E-state index contributed by atoms with van der Waals surface area (Å²) in [5.41, 5.74) is 0.133. The van der Waals surface area contributed by atoms with Crippen LogP contribution in [0.3, 0.4) is 0 Å². The van der Waals surface area contributed by atoms with E-state index in [0.29, 0.717) is 10.7 Å². The summed E-state index contributed by atoms with van der Waals surface area (Å²) < 4.78 is 14.7. The minimum Gasteiger partial charge on any atom is -0.322 e. The first-order chi connectivity index (χ1) is 11.9. The van der Waals surface area contributed by atoms with E-state index >= 15 is 0 Å². The molecule has 25 heavy (non-hydrogen) atoms. The van der Waals surface area contributed by atoms with Crippen molar-refractivity contribution in [2.45, 2.75) is 13.5 Å². The van der Waals surface area contributed by atoms with Crippen molar-refractivity contribution in [1.82, 2.24) is 9.78 Å². The highest BCUT2D eigenvalue weighted by Gasteiger charge is 2.11. The van der Waals surface area contributed by atoms with Crippen molar-refractivity contribution in [2.24, 2.45) is 0 Å². The molecule has 0 spiro atoms. The molecular formula is C17H13ClFN3O2S. The normalized spacial score (nSPS) is 10.7. The van der Waals surface area contributed by atoms with Crippen LogP contribution in [0.15, 0.2) is 47.3 Å². The van der Waals surface area contributed by atoms with E-state index in [1.807, 2.05) is 19.1 Å². The molecule has 5 nitrogen and oxygen atoms in total. The Balaban J connectivity index is 1.81. The van der Waals surface area contributed by atoms with Gasteiger partial charge >= 0.3 is 0 Å². The van der Waals surface area contributed by atoms with Crippen molar-refractivity contribution in [3.05, 3.63) is 68.5 Å². The molecule has 1 N–H and O–H groups in total. The van der Waals surface area contributed by atoms with Crippen LogP contribution in [0.2, 0.25) is 5.02 Å². The second-order valence-electron chi connectivity index (χ2n) is 5.30. The van der Waals surface area contributed by atoms with E-state index in [0.717, 1.165) is 20.5 Å². The van der Waals surface area contributed by atoms with Crippen LogP contribution in [0.25, 0.3) is 10.6 Å². The SMILES string of the molecule is Cc1ccc(-c2ccc(=O)n(CC(=O)Nc3cc(Cl)ccc3F)n2)s1. The number of amides is 1. The topological polar surface area (TPSA) is 64.0 Å². The summed E-state index contributed by atoms with van der Waals surface area (Å²) in [4.78, 5) is 26.1. The van der Waals surface area contributed by atoms with Gasteiger partial charge in [-0.05, 0) is 43.3 Å². The molecule has 3 rings (SSSR count). The number of rotatable bonds is 4. The second kappa shape index (κ2) is 7.16. The first-order valence-corrected chi connectivity index (χ1v) is 8.52. The molecule has 0 atom stereocenters. The minimum absolute atomic E-state index is 0.0458. The quantitative estimate of drug-likeness (QED) is 0.753. The highest BCUT2D eigenvalue weighted by atomic mass is 35.5. The third-order valence-corrected chi connectivity index (χ3v) is 4.61. The Morgan fingerprint density at radius 3 is 2.80 bits per heavy atom. The van der Waals surface area contributed by atoms with E-state index in [9.17, 15) is 14.0 Å². The number of benzene rings is 1. The number of nitrogens with zero attached hydrogens (tertiary/aromatic N) is 2. The molecule has 0 fully saturated rings. The van der Waals surface area contributed by atoms with Gasteiger partial charge < -0.3 is 5.32 Å². The van der Waals surface area contributed by atoms with Gasteiger partial charge in [0.15, 0.2) is 0 Å². The lowest BCUT2D eigenvalue weighted by atomic mass is 10.3. The number of halogens is 2. The Labute approximate surface area is 151 Å².